The molecule has 1 aliphatic rings. The van der Waals surface area contributed by atoms with E-state index >= 15 is 0 Å². The SMILES string of the molecule is Brc1ccc(CCN2CCNCC2)cc1.O=C(O)C(F)(F)F. The second kappa shape index (κ2) is 9.12. The van der Waals surface area contributed by atoms with Crippen LogP contribution in [-0.2, 0) is 11.2 Å². The minimum atomic E-state index is -5.08. The number of piperazine rings is 1. The zero-order valence-electron chi connectivity index (χ0n) is 11.9. The van der Waals surface area contributed by atoms with Gasteiger partial charge < -0.3 is 15.3 Å². The Balaban J connectivity index is 0.000000295. The van der Waals surface area contributed by atoms with Gasteiger partial charge in [-0.2, -0.15) is 13.2 Å². The van der Waals surface area contributed by atoms with Gasteiger partial charge in [0.2, 0.25) is 0 Å². The van der Waals surface area contributed by atoms with Gasteiger partial charge in [-0.05, 0) is 24.1 Å². The summed E-state index contributed by atoms with van der Waals surface area (Å²) in [6, 6.07) is 8.64. The van der Waals surface area contributed by atoms with Crippen molar-refractivity contribution >= 4 is 21.9 Å². The van der Waals surface area contributed by atoms with Crippen LogP contribution in [0.3, 0.4) is 0 Å². The summed E-state index contributed by atoms with van der Waals surface area (Å²) in [5, 5.41) is 10.5. The molecule has 0 amide bonds. The van der Waals surface area contributed by atoms with Gasteiger partial charge in [-0.25, -0.2) is 4.79 Å². The number of alkyl halides is 3. The Morgan fingerprint density at radius 3 is 2.18 bits per heavy atom. The highest BCUT2D eigenvalue weighted by molar-refractivity contribution is 9.10. The molecule has 0 aromatic heterocycles. The van der Waals surface area contributed by atoms with Crippen molar-refractivity contribution in [3.8, 4) is 0 Å². The van der Waals surface area contributed by atoms with Crippen LogP contribution in [0.1, 0.15) is 5.56 Å². The van der Waals surface area contributed by atoms with Crippen molar-refractivity contribution in [2.45, 2.75) is 12.6 Å². The Morgan fingerprint density at radius 2 is 1.73 bits per heavy atom. The van der Waals surface area contributed by atoms with Gasteiger partial charge in [0.05, 0.1) is 0 Å². The van der Waals surface area contributed by atoms with E-state index in [9.17, 15) is 13.2 Å². The molecule has 1 aliphatic heterocycles. The maximum absolute atomic E-state index is 10.6. The molecule has 0 aliphatic carbocycles. The zero-order valence-corrected chi connectivity index (χ0v) is 13.5. The molecule has 0 bridgehead atoms. The van der Waals surface area contributed by atoms with Gasteiger partial charge >= 0.3 is 12.1 Å². The Labute approximate surface area is 135 Å². The van der Waals surface area contributed by atoms with Gasteiger partial charge in [0.15, 0.2) is 0 Å². The van der Waals surface area contributed by atoms with Crippen molar-refractivity contribution in [2.24, 2.45) is 0 Å². The Morgan fingerprint density at radius 1 is 1.23 bits per heavy atom. The number of carboxylic acid groups (broad SMARTS) is 1. The van der Waals surface area contributed by atoms with Crippen LogP contribution in [0.2, 0.25) is 0 Å². The summed E-state index contributed by atoms with van der Waals surface area (Å²) in [6.45, 7) is 5.84. The van der Waals surface area contributed by atoms with Crippen molar-refractivity contribution in [3.63, 3.8) is 0 Å². The number of nitrogens with zero attached hydrogens (tertiary/aromatic N) is 1. The maximum Gasteiger partial charge on any atom is 0.490 e. The lowest BCUT2D eigenvalue weighted by atomic mass is 10.1. The summed E-state index contributed by atoms with van der Waals surface area (Å²) in [7, 11) is 0. The molecule has 0 radical (unpaired) electrons. The van der Waals surface area contributed by atoms with Gasteiger partial charge in [0.1, 0.15) is 0 Å². The van der Waals surface area contributed by atoms with E-state index in [1.165, 1.54) is 25.2 Å². The summed E-state index contributed by atoms with van der Waals surface area (Å²) >= 11 is 3.45. The monoisotopic (exact) mass is 382 g/mol. The van der Waals surface area contributed by atoms with Gasteiger partial charge in [-0.15, -0.1) is 0 Å². The van der Waals surface area contributed by atoms with E-state index in [4.69, 9.17) is 9.90 Å². The molecule has 2 N–H and O–H groups in total. The molecule has 4 nitrogen and oxygen atoms in total. The van der Waals surface area contributed by atoms with Crippen LogP contribution in [0, 0.1) is 0 Å². The van der Waals surface area contributed by atoms with Gasteiger partial charge in [0, 0.05) is 37.2 Å². The van der Waals surface area contributed by atoms with Gasteiger partial charge in [0.25, 0.3) is 0 Å². The summed E-state index contributed by atoms with van der Waals surface area (Å²) in [5.74, 6) is -2.76. The minimum absolute atomic E-state index is 1.14. The van der Waals surface area contributed by atoms with E-state index in [2.05, 4.69) is 50.4 Å². The summed E-state index contributed by atoms with van der Waals surface area (Å²) in [5.41, 5.74) is 1.43. The summed E-state index contributed by atoms with van der Waals surface area (Å²) in [4.78, 5) is 11.4. The largest absolute Gasteiger partial charge is 0.490 e. The molecule has 1 aromatic carbocycles. The molecule has 8 heteroatoms. The van der Waals surface area contributed by atoms with Crippen LogP contribution in [-0.4, -0.2) is 54.9 Å². The lowest BCUT2D eigenvalue weighted by molar-refractivity contribution is -0.192. The number of halogens is 4. The number of aliphatic carboxylic acids is 1. The average molecular weight is 383 g/mol. The van der Waals surface area contributed by atoms with Crippen LogP contribution in [0.5, 0.6) is 0 Å². The predicted octanol–water partition coefficient (Wildman–Crippen LogP) is 2.53. The molecule has 0 unspecified atom stereocenters. The van der Waals surface area contributed by atoms with Crippen LogP contribution >= 0.6 is 15.9 Å². The molecule has 22 heavy (non-hydrogen) atoms. The quantitative estimate of drug-likeness (QED) is 0.843. The molecule has 0 atom stereocenters. The Hall–Kier alpha value is -1.12. The molecule has 0 spiro atoms. The van der Waals surface area contributed by atoms with Crippen molar-refractivity contribution < 1.29 is 23.1 Å². The fourth-order valence-electron chi connectivity index (χ4n) is 1.87. The summed E-state index contributed by atoms with van der Waals surface area (Å²) in [6.07, 6.45) is -3.92. The Kier molecular flexibility index (Phi) is 7.84. The normalized spacial score (nSPS) is 15.8. The third-order valence-corrected chi connectivity index (χ3v) is 3.61. The highest BCUT2D eigenvalue weighted by Crippen LogP contribution is 2.13. The predicted molar refractivity (Wildman–Crippen MR) is 80.8 cm³/mol. The second-order valence-electron chi connectivity index (χ2n) is 4.77. The zero-order chi connectivity index (χ0) is 16.6. The minimum Gasteiger partial charge on any atom is -0.475 e. The van der Waals surface area contributed by atoms with Crippen molar-refractivity contribution in [1.29, 1.82) is 0 Å². The van der Waals surface area contributed by atoms with E-state index < -0.39 is 12.1 Å². The maximum atomic E-state index is 10.6. The number of rotatable bonds is 3. The van der Waals surface area contributed by atoms with E-state index in [0.29, 0.717) is 0 Å². The number of nitrogens with one attached hydrogen (secondary N) is 1. The number of benzene rings is 1. The molecule has 2 rings (SSSR count). The first-order valence-corrected chi connectivity index (χ1v) is 7.56. The molecule has 1 saturated heterocycles. The van der Waals surface area contributed by atoms with Gasteiger partial charge in [-0.1, -0.05) is 28.1 Å². The van der Waals surface area contributed by atoms with E-state index in [-0.39, 0.29) is 0 Å². The van der Waals surface area contributed by atoms with Gasteiger partial charge in [-0.3, -0.25) is 0 Å². The third-order valence-electron chi connectivity index (χ3n) is 3.08. The first-order chi connectivity index (χ1) is 10.3. The highest BCUT2D eigenvalue weighted by atomic mass is 79.9. The van der Waals surface area contributed by atoms with E-state index in [1.54, 1.807) is 0 Å². The number of carboxylic acids is 1. The standard InChI is InChI=1S/C12H17BrN2.C2HF3O2/c13-12-3-1-11(2-4-12)5-8-15-9-6-14-7-10-15;3-2(4,5)1(6)7/h1-4,14H,5-10H2;(H,6,7). The fraction of sp³-hybridized carbons (Fsp3) is 0.500. The van der Waals surface area contributed by atoms with Crippen molar-refractivity contribution in [2.75, 3.05) is 32.7 Å². The number of hydrogen-bond acceptors (Lipinski definition) is 3. The van der Waals surface area contributed by atoms with Crippen molar-refractivity contribution in [1.82, 2.24) is 10.2 Å². The van der Waals surface area contributed by atoms with E-state index in [0.717, 1.165) is 24.0 Å². The molecule has 1 fully saturated rings. The summed E-state index contributed by atoms with van der Waals surface area (Å²) < 4.78 is 32.9. The molecule has 1 heterocycles. The molecule has 0 saturated carbocycles. The van der Waals surface area contributed by atoms with Crippen molar-refractivity contribution in [3.05, 3.63) is 34.3 Å². The Bertz CT molecular complexity index is 460. The number of carbonyl (C=O) groups is 1. The topological polar surface area (TPSA) is 52.6 Å². The fourth-order valence-corrected chi connectivity index (χ4v) is 2.14. The molecular formula is C14H18BrF3N2O2. The second-order valence-corrected chi connectivity index (χ2v) is 5.69. The third kappa shape index (κ3) is 7.77. The van der Waals surface area contributed by atoms with Crippen LogP contribution in [0.4, 0.5) is 13.2 Å². The molecular weight excluding hydrogens is 365 g/mol. The first-order valence-electron chi connectivity index (χ1n) is 6.76. The van der Waals surface area contributed by atoms with Crippen LogP contribution in [0.15, 0.2) is 28.7 Å². The first kappa shape index (κ1) is 18.9. The van der Waals surface area contributed by atoms with Crippen LogP contribution < -0.4 is 5.32 Å². The van der Waals surface area contributed by atoms with E-state index in [1.807, 2.05) is 0 Å². The number of hydrogen-bond donors (Lipinski definition) is 2. The van der Waals surface area contributed by atoms with Crippen LogP contribution in [0.25, 0.3) is 0 Å². The molecule has 124 valence electrons. The lowest BCUT2D eigenvalue weighted by Gasteiger charge is -2.27. The molecule has 1 aromatic rings. The smallest absolute Gasteiger partial charge is 0.475 e. The lowest BCUT2D eigenvalue weighted by Crippen LogP contribution is -2.44. The highest BCUT2D eigenvalue weighted by Gasteiger charge is 2.38. The average Bonchev–Trinajstić information content (AvgIpc) is 2.47.